The fourth-order valence-electron chi connectivity index (χ4n) is 2.94. The minimum Gasteiger partial charge on any atom is -0.384 e. The Hall–Kier alpha value is -2.80. The van der Waals surface area contributed by atoms with Crippen molar-refractivity contribution >= 4 is 22.9 Å². The highest BCUT2D eigenvalue weighted by Gasteiger charge is 2.19. The molecule has 1 aliphatic rings. The van der Waals surface area contributed by atoms with Crippen molar-refractivity contribution in [3.63, 3.8) is 0 Å². The van der Waals surface area contributed by atoms with Gasteiger partial charge in [0.1, 0.15) is 5.69 Å². The van der Waals surface area contributed by atoms with Crippen LogP contribution < -0.4 is 16.0 Å². The number of hydrogen-bond donors (Lipinski definition) is 4. The summed E-state index contributed by atoms with van der Waals surface area (Å²) in [7, 11) is 1.82. The van der Waals surface area contributed by atoms with E-state index in [1.165, 1.54) is 0 Å². The average molecular weight is 337 g/mol. The Morgan fingerprint density at radius 3 is 2.96 bits per heavy atom. The third kappa shape index (κ3) is 3.51. The van der Waals surface area contributed by atoms with Gasteiger partial charge in [-0.15, -0.1) is 0 Å². The van der Waals surface area contributed by atoms with Crippen molar-refractivity contribution in [3.8, 4) is 0 Å². The molecule has 2 aromatic rings. The lowest BCUT2D eigenvalue weighted by molar-refractivity contribution is 0.629. The molecule has 3 rings (SSSR count). The molecule has 1 aliphatic heterocycles. The predicted octanol–water partition coefficient (Wildman–Crippen LogP) is 3.54. The lowest BCUT2D eigenvalue weighted by atomic mass is 9.96. The fraction of sp³-hybridized carbons (Fsp3) is 0.333. The Balaban J connectivity index is 2.12. The van der Waals surface area contributed by atoms with Gasteiger partial charge in [0.2, 0.25) is 5.95 Å². The molecule has 0 amide bonds. The molecular weight excluding hydrogens is 314 g/mol. The van der Waals surface area contributed by atoms with Crippen LogP contribution in [0, 0.1) is 5.53 Å². The molecule has 0 unspecified atom stereocenters. The molecule has 0 bridgehead atoms. The smallest absolute Gasteiger partial charge is 0.222 e. The molecule has 0 fully saturated rings. The number of nitrogens with one attached hydrogen (secondary N) is 4. The van der Waals surface area contributed by atoms with Crippen LogP contribution in [-0.2, 0) is 6.54 Å². The Morgan fingerprint density at radius 2 is 2.24 bits per heavy atom. The van der Waals surface area contributed by atoms with Gasteiger partial charge in [-0.3, -0.25) is 0 Å². The van der Waals surface area contributed by atoms with Gasteiger partial charge in [0.05, 0.1) is 11.4 Å². The number of hydrogen-bond acceptors (Lipinski definition) is 7. The minimum absolute atomic E-state index is 0.213. The first-order chi connectivity index (χ1) is 12.2. The maximum Gasteiger partial charge on any atom is 0.222 e. The van der Waals surface area contributed by atoms with Crippen molar-refractivity contribution in [2.24, 2.45) is 5.11 Å². The summed E-state index contributed by atoms with van der Waals surface area (Å²) >= 11 is 0. The van der Waals surface area contributed by atoms with Crippen LogP contribution in [0.25, 0.3) is 5.57 Å². The van der Waals surface area contributed by atoms with E-state index in [2.05, 4.69) is 44.0 Å². The zero-order valence-corrected chi connectivity index (χ0v) is 14.7. The normalized spacial score (nSPS) is 16.4. The van der Waals surface area contributed by atoms with E-state index >= 15 is 0 Å². The van der Waals surface area contributed by atoms with Gasteiger partial charge in [-0.1, -0.05) is 12.1 Å². The monoisotopic (exact) mass is 337 g/mol. The van der Waals surface area contributed by atoms with Gasteiger partial charge >= 0.3 is 0 Å². The standard InChI is InChI=1S/C18H23N7/c1-4-21-16-8-12(5-6-15(16)25-19)13-7-11(2)22-10-17-14(13)9-23-18(20-3)24-17/h5-9,11,19,21-22H,4,10H2,1-3H3,(H,20,23,24)/t11-/m1/s1. The molecule has 1 aromatic heterocycles. The quantitative estimate of drug-likeness (QED) is 0.626. The molecule has 0 spiro atoms. The lowest BCUT2D eigenvalue weighted by Crippen LogP contribution is -2.22. The van der Waals surface area contributed by atoms with Crippen LogP contribution in [0.1, 0.15) is 30.7 Å². The number of fused-ring (bicyclic) bond motifs is 1. The summed E-state index contributed by atoms with van der Waals surface area (Å²) in [5, 5.41) is 13.3. The molecule has 7 heteroatoms. The molecular formula is C18H23N7. The Kier molecular flexibility index (Phi) is 5.04. The van der Waals surface area contributed by atoms with Crippen molar-refractivity contribution in [3.05, 3.63) is 47.3 Å². The minimum atomic E-state index is 0.213. The zero-order chi connectivity index (χ0) is 17.8. The molecule has 1 atom stereocenters. The van der Waals surface area contributed by atoms with E-state index in [-0.39, 0.29) is 6.04 Å². The second-order valence-corrected chi connectivity index (χ2v) is 5.93. The number of rotatable bonds is 5. The van der Waals surface area contributed by atoms with Crippen LogP contribution >= 0.6 is 0 Å². The van der Waals surface area contributed by atoms with Crippen molar-refractivity contribution in [2.75, 3.05) is 24.2 Å². The van der Waals surface area contributed by atoms with E-state index in [1.807, 2.05) is 38.4 Å². The summed E-state index contributed by atoms with van der Waals surface area (Å²) < 4.78 is 0. The number of anilines is 2. The predicted molar refractivity (Wildman–Crippen MR) is 100 cm³/mol. The summed E-state index contributed by atoms with van der Waals surface area (Å²) in [4.78, 5) is 9.00. The van der Waals surface area contributed by atoms with E-state index in [4.69, 9.17) is 5.53 Å². The van der Waals surface area contributed by atoms with Crippen LogP contribution in [0.4, 0.5) is 17.3 Å². The van der Waals surface area contributed by atoms with Crippen molar-refractivity contribution in [1.29, 1.82) is 5.53 Å². The Morgan fingerprint density at radius 1 is 1.40 bits per heavy atom. The van der Waals surface area contributed by atoms with E-state index in [1.54, 1.807) is 0 Å². The maximum atomic E-state index is 7.34. The third-order valence-electron chi connectivity index (χ3n) is 4.18. The van der Waals surface area contributed by atoms with Crippen LogP contribution in [-0.4, -0.2) is 29.6 Å². The van der Waals surface area contributed by atoms with Gasteiger partial charge in [0.15, 0.2) is 0 Å². The number of nitrogens with zero attached hydrogens (tertiary/aromatic N) is 3. The van der Waals surface area contributed by atoms with E-state index in [0.717, 1.165) is 34.6 Å². The first kappa shape index (κ1) is 17.0. The van der Waals surface area contributed by atoms with Crippen LogP contribution in [0.5, 0.6) is 0 Å². The molecule has 25 heavy (non-hydrogen) atoms. The molecule has 0 saturated heterocycles. The maximum absolute atomic E-state index is 7.34. The summed E-state index contributed by atoms with van der Waals surface area (Å²) in [6, 6.07) is 6.11. The number of aromatic nitrogens is 2. The highest BCUT2D eigenvalue weighted by molar-refractivity contribution is 5.84. The average Bonchev–Trinajstić information content (AvgIpc) is 2.80. The third-order valence-corrected chi connectivity index (χ3v) is 4.18. The zero-order valence-electron chi connectivity index (χ0n) is 14.7. The highest BCUT2D eigenvalue weighted by Crippen LogP contribution is 2.33. The summed E-state index contributed by atoms with van der Waals surface area (Å²) in [6.45, 7) is 5.61. The Labute approximate surface area is 147 Å². The molecule has 2 heterocycles. The van der Waals surface area contributed by atoms with Gasteiger partial charge < -0.3 is 16.0 Å². The van der Waals surface area contributed by atoms with E-state index in [0.29, 0.717) is 18.2 Å². The van der Waals surface area contributed by atoms with E-state index in [9.17, 15) is 0 Å². The van der Waals surface area contributed by atoms with Crippen molar-refractivity contribution in [1.82, 2.24) is 15.3 Å². The molecule has 130 valence electrons. The second-order valence-electron chi connectivity index (χ2n) is 5.93. The first-order valence-electron chi connectivity index (χ1n) is 8.41. The van der Waals surface area contributed by atoms with Gasteiger partial charge in [-0.2, -0.15) is 5.11 Å². The Bertz CT molecular complexity index is 813. The SMILES string of the molecule is CCNc1cc(C2=C[C@@H](C)NCc3nc(NC)ncc32)ccc1N=N. The van der Waals surface area contributed by atoms with Crippen molar-refractivity contribution < 1.29 is 0 Å². The largest absolute Gasteiger partial charge is 0.384 e. The van der Waals surface area contributed by atoms with E-state index < -0.39 is 0 Å². The van der Waals surface area contributed by atoms with Gasteiger partial charge in [0, 0.05) is 37.9 Å². The van der Waals surface area contributed by atoms with Crippen LogP contribution in [0.3, 0.4) is 0 Å². The highest BCUT2D eigenvalue weighted by atomic mass is 15.1. The second kappa shape index (κ2) is 7.40. The van der Waals surface area contributed by atoms with Crippen molar-refractivity contribution in [2.45, 2.75) is 26.4 Å². The fourth-order valence-corrected chi connectivity index (χ4v) is 2.94. The molecule has 1 aromatic carbocycles. The first-order valence-corrected chi connectivity index (χ1v) is 8.41. The lowest BCUT2D eigenvalue weighted by Gasteiger charge is -2.14. The summed E-state index contributed by atoms with van der Waals surface area (Å²) in [6.07, 6.45) is 4.06. The van der Waals surface area contributed by atoms with Gasteiger partial charge in [-0.05, 0) is 37.1 Å². The number of benzene rings is 1. The molecule has 0 radical (unpaired) electrons. The van der Waals surface area contributed by atoms with Crippen LogP contribution in [0.2, 0.25) is 0 Å². The summed E-state index contributed by atoms with van der Waals surface area (Å²) in [5.74, 6) is 0.617. The summed E-state index contributed by atoms with van der Waals surface area (Å²) in [5.41, 5.74) is 13.0. The molecule has 0 aliphatic carbocycles. The topological polar surface area (TPSA) is 98.1 Å². The van der Waals surface area contributed by atoms with Gasteiger partial charge in [-0.25, -0.2) is 15.5 Å². The molecule has 0 saturated carbocycles. The van der Waals surface area contributed by atoms with Crippen LogP contribution in [0.15, 0.2) is 35.6 Å². The molecule has 7 nitrogen and oxygen atoms in total. The van der Waals surface area contributed by atoms with Gasteiger partial charge in [0.25, 0.3) is 0 Å². The molecule has 4 N–H and O–H groups in total.